The van der Waals surface area contributed by atoms with Gasteiger partial charge in [0.2, 0.25) is 0 Å². The first-order valence-electron chi connectivity index (χ1n) is 18.2. The van der Waals surface area contributed by atoms with E-state index in [2.05, 4.69) is 97.4 Å². The molecular formula is C30H62N9O14P3. The lowest BCUT2D eigenvalue weighted by Crippen LogP contribution is -3.11. The van der Waals surface area contributed by atoms with E-state index in [9.17, 15) is 38.0 Å². The molecule has 0 radical (unpaired) electrons. The highest BCUT2D eigenvalue weighted by Crippen LogP contribution is 2.61. The molecule has 1 aromatic rings. The van der Waals surface area contributed by atoms with Gasteiger partial charge in [0, 0.05) is 17.5 Å². The molecule has 26 heteroatoms. The van der Waals surface area contributed by atoms with E-state index < -0.39 is 66.5 Å². The van der Waals surface area contributed by atoms with Crippen molar-refractivity contribution < 1.29 is 70.6 Å². The summed E-state index contributed by atoms with van der Waals surface area (Å²) in [6.07, 6.45) is -2.85. The zero-order valence-corrected chi connectivity index (χ0v) is 36.4. The molecule has 1 fully saturated rings. The second kappa shape index (κ2) is 29.9. The van der Waals surface area contributed by atoms with Crippen molar-refractivity contribution in [2.45, 2.75) is 80.2 Å². The Hall–Kier alpha value is -2.28. The van der Waals surface area contributed by atoms with Gasteiger partial charge in [-0.25, -0.2) is 13.4 Å². The lowest BCUT2D eigenvalue weighted by molar-refractivity contribution is -0.894. The van der Waals surface area contributed by atoms with Gasteiger partial charge in [-0.15, -0.1) is 0 Å². The molecule has 326 valence electrons. The van der Waals surface area contributed by atoms with Crippen molar-refractivity contribution in [3.8, 4) is 11.8 Å². The second-order valence-corrected chi connectivity index (χ2v) is 16.0. The first-order valence-corrected chi connectivity index (χ1v) is 22.6. The van der Waals surface area contributed by atoms with Crippen molar-refractivity contribution in [3.05, 3.63) is 43.0 Å². The molecule has 2 rings (SSSR count). The molecule has 0 spiro atoms. The summed E-state index contributed by atoms with van der Waals surface area (Å²) >= 11 is 0. The van der Waals surface area contributed by atoms with Gasteiger partial charge in [-0.2, -0.15) is 0 Å². The minimum absolute atomic E-state index is 0.0867. The monoisotopic (exact) mass is 865 g/mol. The van der Waals surface area contributed by atoms with Crippen LogP contribution in [-0.4, -0.2) is 106 Å². The number of nitrogens with two attached hydrogens (primary N) is 1. The van der Waals surface area contributed by atoms with Gasteiger partial charge in [0.1, 0.15) is 24.6 Å². The van der Waals surface area contributed by atoms with Crippen molar-refractivity contribution >= 4 is 23.5 Å². The number of phosphoric ester groups is 1. The van der Waals surface area contributed by atoms with Crippen LogP contribution in [0.2, 0.25) is 0 Å². The molecule has 0 amide bonds. The van der Waals surface area contributed by atoms with Gasteiger partial charge in [-0.05, 0) is 60.9 Å². The van der Waals surface area contributed by atoms with Crippen LogP contribution in [0.3, 0.4) is 0 Å². The maximum atomic E-state index is 12.3. The Morgan fingerprint density at radius 2 is 1.48 bits per heavy atom. The van der Waals surface area contributed by atoms with Gasteiger partial charge in [0.15, 0.2) is 0 Å². The van der Waals surface area contributed by atoms with Gasteiger partial charge in [0.05, 0.1) is 78.7 Å². The van der Waals surface area contributed by atoms with Crippen LogP contribution < -0.4 is 46.4 Å². The van der Waals surface area contributed by atoms with Crippen molar-refractivity contribution in [1.29, 1.82) is 0 Å². The number of aromatic amines is 1. The van der Waals surface area contributed by atoms with Crippen LogP contribution in [0.4, 0.5) is 0 Å². The van der Waals surface area contributed by atoms with Crippen LogP contribution in [0.5, 0.6) is 0 Å². The molecule has 56 heavy (non-hydrogen) atoms. The lowest BCUT2D eigenvalue weighted by atomic mass is 10.2. The number of ether oxygens (including phenoxy) is 2. The van der Waals surface area contributed by atoms with E-state index in [4.69, 9.17) is 25.6 Å². The Morgan fingerprint density at radius 3 is 1.88 bits per heavy atom. The molecule has 2 heterocycles. The molecule has 1 saturated heterocycles. The third-order valence-electron chi connectivity index (χ3n) is 8.20. The van der Waals surface area contributed by atoms with E-state index in [-0.39, 0.29) is 18.5 Å². The molecule has 7 N–H and O–H groups in total. The van der Waals surface area contributed by atoms with Crippen LogP contribution >= 0.6 is 23.5 Å². The Kier molecular flexibility index (Phi) is 29.8. The smallest absolute Gasteiger partial charge is 0.330 e. The number of hydrogen-bond acceptors (Lipinski definition) is 15. The number of nitrogens with one attached hydrogen (secondary N) is 4. The first-order chi connectivity index (χ1) is 26.2. The van der Waals surface area contributed by atoms with Gasteiger partial charge >= 0.3 is 5.69 Å². The van der Waals surface area contributed by atoms with Crippen LogP contribution in [0.25, 0.3) is 10.4 Å². The summed E-state index contributed by atoms with van der Waals surface area (Å²) in [7, 11) is -15.7. The van der Waals surface area contributed by atoms with E-state index in [1.807, 2.05) is 4.98 Å². The fourth-order valence-electron chi connectivity index (χ4n) is 4.49. The fraction of sp³-hybridized carbons (Fsp3) is 0.800. The normalized spacial score (nSPS) is 19.3. The third kappa shape index (κ3) is 25.2. The Bertz CT molecular complexity index is 1590. The maximum Gasteiger partial charge on any atom is 0.330 e. The van der Waals surface area contributed by atoms with Crippen molar-refractivity contribution in [1.82, 2.24) is 9.55 Å². The standard InChI is InChI=1S/C13H19N6O14P3.2C6H15N.C5H13N/c14-3-1-2-8-5-19(13(21)17-12(8)20)11-4-9(29-7-16-18-15)10(31-11)6-30-35(25,26)33-36(27,28)32-34(22,23)24;2*1-4-7(5-2)6-3;1-4-6(3)5-2/h5,9-11H,3-4,6-7,14H2,(H,25,26)(H,27,28)(H,17,20,21)(H2,22,23,24);2*4-6H2,1-3H3;4-5H2,1-3H3. The van der Waals surface area contributed by atoms with E-state index in [0.717, 1.165) is 10.8 Å². The molecule has 6 unspecified atom stereocenters. The zero-order chi connectivity index (χ0) is 43.5. The maximum absolute atomic E-state index is 12.3. The van der Waals surface area contributed by atoms with Gasteiger partial charge in [-0.3, -0.25) is 28.0 Å². The number of quaternary nitrogens is 3. The fourth-order valence-corrected chi connectivity index (χ4v) is 7.38. The minimum Gasteiger partial charge on any atom is -0.756 e. The quantitative estimate of drug-likeness (QED) is 0.0260. The summed E-state index contributed by atoms with van der Waals surface area (Å²) in [5, 5.41) is 3.14. The van der Waals surface area contributed by atoms with Crippen LogP contribution in [-0.2, 0) is 36.3 Å². The lowest BCUT2D eigenvalue weighted by Gasteiger charge is -2.33. The molecular weight excluding hydrogens is 803 g/mol. The number of hydrogen-bond donors (Lipinski definition) is 6. The Morgan fingerprint density at radius 1 is 0.964 bits per heavy atom. The second-order valence-electron chi connectivity index (χ2n) is 11.8. The molecule has 23 nitrogen and oxygen atoms in total. The highest BCUT2D eigenvalue weighted by molar-refractivity contribution is 7.65. The predicted octanol–water partition coefficient (Wildman–Crippen LogP) is -3.36. The topological polar surface area (TPSA) is 330 Å². The number of phosphoric acid groups is 3. The summed E-state index contributed by atoms with van der Waals surface area (Å²) in [5.41, 5.74) is 11.7. The zero-order valence-electron chi connectivity index (χ0n) is 33.8. The average molecular weight is 866 g/mol. The molecule has 1 aliphatic rings. The molecule has 0 aliphatic carbocycles. The average Bonchev–Trinajstić information content (AvgIpc) is 3.53. The first kappa shape index (κ1) is 55.8. The molecule has 0 bridgehead atoms. The predicted molar refractivity (Wildman–Crippen MR) is 201 cm³/mol. The Balaban J connectivity index is 0. The number of H-pyrrole nitrogens is 1. The highest BCUT2D eigenvalue weighted by atomic mass is 31.3. The molecule has 0 saturated carbocycles. The van der Waals surface area contributed by atoms with Crippen LogP contribution in [0, 0.1) is 11.8 Å². The third-order valence-corrected chi connectivity index (χ3v) is 11.9. The number of aromatic nitrogens is 2. The van der Waals surface area contributed by atoms with Crippen molar-refractivity contribution in [3.63, 3.8) is 0 Å². The highest BCUT2D eigenvalue weighted by Gasteiger charge is 2.39. The molecule has 1 aliphatic heterocycles. The summed E-state index contributed by atoms with van der Waals surface area (Å²) < 4.78 is 56.4. The molecule has 6 atom stereocenters. The van der Waals surface area contributed by atoms with E-state index >= 15 is 0 Å². The number of rotatable bonds is 19. The molecule has 1 aromatic heterocycles. The van der Waals surface area contributed by atoms with Crippen LogP contribution in [0.1, 0.15) is 73.6 Å². The summed E-state index contributed by atoms with van der Waals surface area (Å²) in [4.78, 5) is 75.6. The Labute approximate surface area is 328 Å². The molecule has 0 aromatic carbocycles. The van der Waals surface area contributed by atoms with Gasteiger partial charge < -0.3 is 54.0 Å². The van der Waals surface area contributed by atoms with E-state index in [0.29, 0.717) is 0 Å². The number of nitrogens with zero attached hydrogens (tertiary/aromatic N) is 4. The van der Waals surface area contributed by atoms with Gasteiger partial charge in [-0.1, -0.05) is 17.0 Å². The van der Waals surface area contributed by atoms with E-state index in [1.54, 1.807) is 14.7 Å². The SMILES string of the molecule is CC[NH+](C)CC.CC[NH+](CC)CC.CC[NH+](CC)CC.[N-]=[N+]=NCOC1CC(n2cc(C#CCN)c(=O)[nH]c2=O)OC1COP(=O)([O-])OP(=O)([O-])OP(=O)([O-])O. The van der Waals surface area contributed by atoms with Crippen molar-refractivity contribution in [2.75, 3.05) is 79.3 Å². The van der Waals surface area contributed by atoms with Gasteiger partial charge in [0.25, 0.3) is 29.0 Å². The summed E-state index contributed by atoms with van der Waals surface area (Å²) in [5.74, 6) is 4.87. The summed E-state index contributed by atoms with van der Waals surface area (Å²) in [6, 6.07) is 0. The minimum atomic E-state index is -6.12. The largest absolute Gasteiger partial charge is 0.756 e. The van der Waals surface area contributed by atoms with Crippen molar-refractivity contribution in [2.24, 2.45) is 10.8 Å². The van der Waals surface area contributed by atoms with E-state index in [1.165, 1.54) is 52.4 Å². The van der Waals surface area contributed by atoms with Crippen LogP contribution in [0.15, 0.2) is 20.9 Å². The summed E-state index contributed by atoms with van der Waals surface area (Å²) in [6.45, 7) is 26.2. The number of azide groups is 1.